The molecule has 0 amide bonds. The van der Waals surface area contributed by atoms with E-state index in [-0.39, 0.29) is 12.0 Å². The van der Waals surface area contributed by atoms with Gasteiger partial charge in [-0.3, -0.25) is 19.9 Å². The van der Waals surface area contributed by atoms with E-state index in [0.717, 1.165) is 38.6 Å². The van der Waals surface area contributed by atoms with Crippen LogP contribution >= 0.6 is 0 Å². The number of likely N-dealkylation sites (tertiary alicyclic amines) is 1. The Morgan fingerprint density at radius 3 is 2.68 bits per heavy atom. The Bertz CT molecular complexity index is 425. The predicted octanol–water partition coefficient (Wildman–Crippen LogP) is 2.60. The van der Waals surface area contributed by atoms with Crippen molar-refractivity contribution in [2.45, 2.75) is 82.8 Å². The molecular weight excluding hydrogens is 314 g/mol. The normalized spacial score (nSPS) is 31.8. The highest BCUT2D eigenvalue weighted by molar-refractivity contribution is 5.76. The monoisotopic (exact) mass is 351 g/mol. The molecule has 3 rings (SSSR count). The number of rotatable bonds is 7. The van der Waals surface area contributed by atoms with Crippen LogP contribution in [-0.2, 0) is 9.53 Å². The molecule has 1 aliphatic carbocycles. The van der Waals surface area contributed by atoms with Crippen molar-refractivity contribution in [1.82, 2.24) is 15.1 Å². The van der Waals surface area contributed by atoms with E-state index in [1.807, 2.05) is 0 Å². The molecule has 0 aromatic heterocycles. The summed E-state index contributed by atoms with van der Waals surface area (Å²) in [5, 5.41) is 3.62. The summed E-state index contributed by atoms with van der Waals surface area (Å²) in [6.07, 6.45) is 11.7. The van der Waals surface area contributed by atoms with Gasteiger partial charge < -0.3 is 4.74 Å². The number of nitrogens with one attached hydrogen (secondary N) is 1. The summed E-state index contributed by atoms with van der Waals surface area (Å²) in [6.45, 7) is 6.40. The van der Waals surface area contributed by atoms with Gasteiger partial charge in [-0.1, -0.05) is 39.0 Å². The fourth-order valence-electron chi connectivity index (χ4n) is 5.20. The van der Waals surface area contributed by atoms with Gasteiger partial charge in [-0.15, -0.1) is 0 Å². The van der Waals surface area contributed by atoms with E-state index in [1.54, 1.807) is 0 Å². The molecule has 0 aromatic rings. The zero-order valence-electron chi connectivity index (χ0n) is 16.2. The lowest BCUT2D eigenvalue weighted by Gasteiger charge is -2.42. The Labute approximate surface area is 153 Å². The maximum Gasteiger partial charge on any atom is 0.323 e. The van der Waals surface area contributed by atoms with Gasteiger partial charge >= 0.3 is 5.97 Å². The number of carbonyl (C=O) groups excluding carboxylic acids is 1. The van der Waals surface area contributed by atoms with Gasteiger partial charge in [-0.2, -0.15) is 0 Å². The Morgan fingerprint density at radius 2 is 1.96 bits per heavy atom. The van der Waals surface area contributed by atoms with Crippen molar-refractivity contribution in [3.05, 3.63) is 0 Å². The van der Waals surface area contributed by atoms with E-state index >= 15 is 0 Å². The van der Waals surface area contributed by atoms with Crippen LogP contribution in [0.2, 0.25) is 0 Å². The molecule has 2 saturated heterocycles. The van der Waals surface area contributed by atoms with Crippen molar-refractivity contribution in [3.8, 4) is 0 Å². The molecule has 3 fully saturated rings. The molecule has 3 aliphatic rings. The Balaban J connectivity index is 1.56. The number of nitrogens with zero attached hydrogens (tertiary/aromatic N) is 2. The summed E-state index contributed by atoms with van der Waals surface area (Å²) in [5.74, 6) is 0.875. The standard InChI is InChI=1S/C20H37N3O2/c1-3-11-23-15-21-17-13-18(20(24)25-2)22(14-19(17)23)12-7-10-16-8-5-4-6-9-16/h16-19,21H,3-15H2,1-2H3/t17?,18-,19?/m0/s1. The molecule has 5 nitrogen and oxygen atoms in total. The summed E-state index contributed by atoms with van der Waals surface area (Å²) in [6, 6.07) is 0.924. The number of esters is 1. The van der Waals surface area contributed by atoms with Crippen LogP contribution in [0.15, 0.2) is 0 Å². The van der Waals surface area contributed by atoms with Crippen molar-refractivity contribution < 1.29 is 9.53 Å². The van der Waals surface area contributed by atoms with E-state index in [1.165, 1.54) is 58.5 Å². The minimum Gasteiger partial charge on any atom is -0.468 e. The van der Waals surface area contributed by atoms with Crippen LogP contribution in [0.25, 0.3) is 0 Å². The average molecular weight is 352 g/mol. The van der Waals surface area contributed by atoms with Gasteiger partial charge in [-0.25, -0.2) is 0 Å². The van der Waals surface area contributed by atoms with E-state index in [2.05, 4.69) is 22.0 Å². The lowest BCUT2D eigenvalue weighted by molar-refractivity contribution is -0.149. The molecule has 0 spiro atoms. The highest BCUT2D eigenvalue weighted by atomic mass is 16.5. The van der Waals surface area contributed by atoms with Crippen molar-refractivity contribution in [3.63, 3.8) is 0 Å². The van der Waals surface area contributed by atoms with Gasteiger partial charge in [0.2, 0.25) is 0 Å². The highest BCUT2D eigenvalue weighted by Crippen LogP contribution is 2.29. The molecule has 3 atom stereocenters. The van der Waals surface area contributed by atoms with Crippen molar-refractivity contribution in [1.29, 1.82) is 0 Å². The van der Waals surface area contributed by atoms with Crippen LogP contribution in [0.1, 0.15) is 64.7 Å². The molecule has 0 aromatic carbocycles. The fourth-order valence-corrected chi connectivity index (χ4v) is 5.20. The van der Waals surface area contributed by atoms with Crippen LogP contribution in [0.5, 0.6) is 0 Å². The number of carbonyl (C=O) groups is 1. The maximum atomic E-state index is 12.3. The quantitative estimate of drug-likeness (QED) is 0.714. The number of piperidine rings is 1. The zero-order valence-corrected chi connectivity index (χ0v) is 16.2. The number of hydrogen-bond donors (Lipinski definition) is 1. The third-order valence-corrected chi connectivity index (χ3v) is 6.60. The first-order chi connectivity index (χ1) is 12.2. The van der Waals surface area contributed by atoms with Gasteiger partial charge in [0.25, 0.3) is 0 Å². The Hall–Kier alpha value is -0.650. The SMILES string of the molecule is CCCN1CNC2C[C@@H](C(=O)OC)N(CCCC3CCCCC3)CC21. The molecule has 144 valence electrons. The second kappa shape index (κ2) is 9.33. The van der Waals surface area contributed by atoms with Crippen LogP contribution in [0, 0.1) is 5.92 Å². The van der Waals surface area contributed by atoms with Crippen molar-refractivity contribution in [2.75, 3.05) is 33.4 Å². The van der Waals surface area contributed by atoms with Crippen molar-refractivity contribution >= 4 is 5.97 Å². The second-order valence-corrected chi connectivity index (χ2v) is 8.26. The number of ether oxygens (including phenoxy) is 1. The molecule has 25 heavy (non-hydrogen) atoms. The highest BCUT2D eigenvalue weighted by Gasteiger charge is 2.44. The Kier molecular flexibility index (Phi) is 7.14. The molecule has 2 heterocycles. The smallest absolute Gasteiger partial charge is 0.323 e. The minimum atomic E-state index is -0.0633. The first kappa shape index (κ1) is 19.1. The summed E-state index contributed by atoms with van der Waals surface area (Å²) < 4.78 is 5.12. The van der Waals surface area contributed by atoms with Gasteiger partial charge in [0, 0.05) is 25.3 Å². The molecule has 5 heteroatoms. The maximum absolute atomic E-state index is 12.3. The predicted molar refractivity (Wildman–Crippen MR) is 100 cm³/mol. The van der Waals surface area contributed by atoms with E-state index in [4.69, 9.17) is 4.74 Å². The van der Waals surface area contributed by atoms with Gasteiger partial charge in [-0.05, 0) is 44.7 Å². The molecule has 1 N–H and O–H groups in total. The van der Waals surface area contributed by atoms with Crippen LogP contribution < -0.4 is 5.32 Å². The third-order valence-electron chi connectivity index (χ3n) is 6.60. The molecule has 0 bridgehead atoms. The summed E-state index contributed by atoms with van der Waals surface area (Å²) in [7, 11) is 1.53. The first-order valence-electron chi connectivity index (χ1n) is 10.5. The topological polar surface area (TPSA) is 44.8 Å². The summed E-state index contributed by atoms with van der Waals surface area (Å²) >= 11 is 0. The van der Waals surface area contributed by atoms with Crippen LogP contribution in [0.3, 0.4) is 0 Å². The third kappa shape index (κ3) is 4.75. The first-order valence-corrected chi connectivity index (χ1v) is 10.5. The van der Waals surface area contributed by atoms with Gasteiger partial charge in [0.1, 0.15) is 6.04 Å². The number of fused-ring (bicyclic) bond motifs is 1. The largest absolute Gasteiger partial charge is 0.468 e. The minimum absolute atomic E-state index is 0.0492. The average Bonchev–Trinajstić information content (AvgIpc) is 3.03. The zero-order chi connectivity index (χ0) is 17.6. The van der Waals surface area contributed by atoms with E-state index < -0.39 is 0 Å². The van der Waals surface area contributed by atoms with Crippen LogP contribution in [-0.4, -0.2) is 67.3 Å². The lowest BCUT2D eigenvalue weighted by atomic mass is 9.86. The van der Waals surface area contributed by atoms with Gasteiger partial charge in [0.05, 0.1) is 7.11 Å². The fraction of sp³-hybridized carbons (Fsp3) is 0.950. The van der Waals surface area contributed by atoms with Crippen LogP contribution in [0.4, 0.5) is 0 Å². The molecule has 2 unspecified atom stereocenters. The van der Waals surface area contributed by atoms with E-state index in [0.29, 0.717) is 12.1 Å². The van der Waals surface area contributed by atoms with E-state index in [9.17, 15) is 4.79 Å². The van der Waals surface area contributed by atoms with Gasteiger partial charge in [0.15, 0.2) is 0 Å². The number of hydrogen-bond acceptors (Lipinski definition) is 5. The molecule has 0 radical (unpaired) electrons. The molecule has 2 aliphatic heterocycles. The van der Waals surface area contributed by atoms with Crippen molar-refractivity contribution in [2.24, 2.45) is 5.92 Å². The Morgan fingerprint density at radius 1 is 1.16 bits per heavy atom. The summed E-state index contributed by atoms with van der Waals surface area (Å²) in [4.78, 5) is 17.3. The molecule has 1 saturated carbocycles. The number of methoxy groups -OCH3 is 1. The summed E-state index contributed by atoms with van der Waals surface area (Å²) in [5.41, 5.74) is 0. The molecular formula is C20H37N3O2. The lowest BCUT2D eigenvalue weighted by Crippen LogP contribution is -2.58. The second-order valence-electron chi connectivity index (χ2n) is 8.26.